The summed E-state index contributed by atoms with van der Waals surface area (Å²) in [7, 11) is 0. The quantitative estimate of drug-likeness (QED) is 0.748. The molecule has 0 amide bonds. The van der Waals surface area contributed by atoms with Crippen LogP contribution >= 0.6 is 0 Å². The first-order chi connectivity index (χ1) is 9.22. The number of carbonyl (C=O) groups is 1. The fourth-order valence-electron chi connectivity index (χ4n) is 2.48. The van der Waals surface area contributed by atoms with Crippen molar-refractivity contribution in [2.24, 2.45) is 17.8 Å². The lowest BCUT2D eigenvalue weighted by molar-refractivity contribution is -0.125. The third kappa shape index (κ3) is 3.81. The fourth-order valence-corrected chi connectivity index (χ4v) is 2.48. The van der Waals surface area contributed by atoms with Gasteiger partial charge in [0.2, 0.25) is 0 Å². The lowest BCUT2D eigenvalue weighted by Crippen LogP contribution is -2.33. The number of hydrogen-bond acceptors (Lipinski definition) is 2. The number of rotatable bonds is 5. The maximum Gasteiger partial charge on any atom is 0.138 e. The van der Waals surface area contributed by atoms with Gasteiger partial charge in [0.1, 0.15) is 5.78 Å². The van der Waals surface area contributed by atoms with Crippen LogP contribution < -0.4 is 0 Å². The van der Waals surface area contributed by atoms with Gasteiger partial charge in [-0.25, -0.2) is 0 Å². The van der Waals surface area contributed by atoms with E-state index >= 15 is 0 Å². The Morgan fingerprint density at radius 1 is 1.59 bits per heavy atom. The molecule has 0 aliphatic heterocycles. The largest absolute Gasteiger partial charge is 0.392 e. The molecule has 1 N–H and O–H groups in total. The van der Waals surface area contributed by atoms with Gasteiger partial charge in [-0.15, -0.1) is 0 Å². The molecule has 2 unspecified atom stereocenters. The summed E-state index contributed by atoms with van der Waals surface area (Å²) in [5.41, 5.74) is 0. The highest BCUT2D eigenvalue weighted by Crippen LogP contribution is 2.34. The Hall–Kier alpha value is -0.890. The highest BCUT2D eigenvalue weighted by atomic mass is 16.3. The average Bonchev–Trinajstić information content (AvgIpc) is 2.66. The summed E-state index contributed by atoms with van der Waals surface area (Å²) in [6.07, 6.45) is 7.62. The van der Waals surface area contributed by atoms with Gasteiger partial charge in [-0.05, 0) is 31.5 Å². The lowest BCUT2D eigenvalue weighted by atomic mass is 9.83. The Morgan fingerprint density at radius 2 is 2.35 bits per heavy atom. The SMILES string of the molecule is [2H]C([2H])([2H])/C=C/C=C/C[C@@H](C)C(O)[C@H]1C(=O)CCC1C. The van der Waals surface area contributed by atoms with Gasteiger partial charge in [-0.1, -0.05) is 38.2 Å². The second kappa shape index (κ2) is 6.75. The van der Waals surface area contributed by atoms with Gasteiger partial charge in [0.25, 0.3) is 0 Å². The first kappa shape index (κ1) is 10.1. The molecule has 0 spiro atoms. The van der Waals surface area contributed by atoms with E-state index in [0.29, 0.717) is 12.8 Å². The summed E-state index contributed by atoms with van der Waals surface area (Å²) >= 11 is 0. The molecule has 0 radical (unpaired) electrons. The Labute approximate surface area is 109 Å². The van der Waals surface area contributed by atoms with Crippen LogP contribution in [0.4, 0.5) is 0 Å². The van der Waals surface area contributed by atoms with E-state index in [9.17, 15) is 9.90 Å². The minimum atomic E-state index is -2.05. The molecule has 0 aromatic carbocycles. The standard InChI is InChI=1S/C15H24O2/c1-4-5-6-7-8-12(3)15(17)14-11(2)9-10-13(14)16/h4-7,11-12,14-15,17H,8-10H2,1-3H3/b5-4+,7-6+/t11?,12-,14-,15?/m1/s1/i1D3. The molecule has 1 aliphatic carbocycles. The van der Waals surface area contributed by atoms with Crippen LogP contribution in [-0.4, -0.2) is 17.0 Å². The molecule has 0 saturated heterocycles. The van der Waals surface area contributed by atoms with Gasteiger partial charge in [0.05, 0.1) is 6.10 Å². The van der Waals surface area contributed by atoms with Crippen molar-refractivity contribution in [1.82, 2.24) is 0 Å². The molecule has 0 aromatic rings. The van der Waals surface area contributed by atoms with Crippen molar-refractivity contribution in [2.45, 2.75) is 46.1 Å². The maximum absolute atomic E-state index is 11.8. The van der Waals surface area contributed by atoms with Crippen LogP contribution in [0, 0.1) is 17.8 Å². The molecule has 2 nitrogen and oxygen atoms in total. The van der Waals surface area contributed by atoms with Crippen molar-refractivity contribution >= 4 is 5.78 Å². The van der Waals surface area contributed by atoms with Crippen LogP contribution in [0.2, 0.25) is 0 Å². The summed E-state index contributed by atoms with van der Waals surface area (Å²) in [5, 5.41) is 10.3. The molecule has 0 bridgehead atoms. The zero-order valence-corrected chi connectivity index (χ0v) is 10.6. The van der Waals surface area contributed by atoms with Crippen molar-refractivity contribution in [3.8, 4) is 0 Å². The van der Waals surface area contributed by atoms with Crippen molar-refractivity contribution in [3.63, 3.8) is 0 Å². The number of carbonyl (C=O) groups excluding carboxylic acids is 1. The van der Waals surface area contributed by atoms with Crippen molar-refractivity contribution < 1.29 is 14.0 Å². The normalized spacial score (nSPS) is 32.6. The monoisotopic (exact) mass is 239 g/mol. The number of hydrogen-bond donors (Lipinski definition) is 1. The molecular weight excluding hydrogens is 212 g/mol. The van der Waals surface area contributed by atoms with E-state index in [0.717, 1.165) is 12.5 Å². The predicted octanol–water partition coefficient (Wildman–Crippen LogP) is 3.12. The van der Waals surface area contributed by atoms with Crippen LogP contribution in [0.15, 0.2) is 24.3 Å². The number of aliphatic hydroxyl groups is 1. The smallest absolute Gasteiger partial charge is 0.138 e. The number of Topliss-reactive ketones (excluding diaryl/α,β-unsaturated/α-hetero) is 1. The van der Waals surface area contributed by atoms with Crippen LogP contribution in [0.3, 0.4) is 0 Å². The third-order valence-corrected chi connectivity index (χ3v) is 3.63. The van der Waals surface area contributed by atoms with Crippen LogP contribution in [-0.2, 0) is 4.79 Å². The zero-order chi connectivity index (χ0) is 15.3. The minimum absolute atomic E-state index is 0.0121. The zero-order valence-electron chi connectivity index (χ0n) is 13.6. The maximum atomic E-state index is 11.8. The highest BCUT2D eigenvalue weighted by Gasteiger charge is 2.38. The van der Waals surface area contributed by atoms with E-state index in [1.807, 2.05) is 19.9 Å². The lowest BCUT2D eigenvalue weighted by Gasteiger charge is -2.25. The first-order valence-electron chi connectivity index (χ1n) is 7.77. The third-order valence-electron chi connectivity index (χ3n) is 3.63. The highest BCUT2D eigenvalue weighted by molar-refractivity contribution is 5.83. The minimum Gasteiger partial charge on any atom is -0.392 e. The molecule has 2 heteroatoms. The Bertz CT molecular complexity index is 385. The van der Waals surface area contributed by atoms with Gasteiger partial charge in [0, 0.05) is 16.5 Å². The van der Waals surface area contributed by atoms with Crippen molar-refractivity contribution in [3.05, 3.63) is 24.3 Å². The van der Waals surface area contributed by atoms with Gasteiger partial charge >= 0.3 is 0 Å². The molecule has 1 saturated carbocycles. The second-order valence-corrected chi connectivity index (χ2v) is 5.00. The van der Waals surface area contributed by atoms with Gasteiger partial charge in [-0.2, -0.15) is 0 Å². The van der Waals surface area contributed by atoms with E-state index in [4.69, 9.17) is 4.11 Å². The van der Waals surface area contributed by atoms with E-state index in [-0.39, 0.29) is 23.5 Å². The Kier molecular flexibility index (Phi) is 4.00. The molecule has 96 valence electrons. The second-order valence-electron chi connectivity index (χ2n) is 5.00. The van der Waals surface area contributed by atoms with Crippen LogP contribution in [0.25, 0.3) is 0 Å². The molecule has 1 fully saturated rings. The number of aliphatic hydroxyl groups excluding tert-OH is 1. The van der Waals surface area contributed by atoms with Gasteiger partial charge in [0.15, 0.2) is 0 Å². The van der Waals surface area contributed by atoms with E-state index < -0.39 is 13.0 Å². The van der Waals surface area contributed by atoms with E-state index in [1.165, 1.54) is 6.08 Å². The predicted molar refractivity (Wildman–Crippen MR) is 70.6 cm³/mol. The number of ketones is 1. The first-order valence-corrected chi connectivity index (χ1v) is 6.27. The average molecular weight is 239 g/mol. The van der Waals surface area contributed by atoms with Crippen LogP contribution in [0.1, 0.15) is 44.1 Å². The number of allylic oxidation sites excluding steroid dienone is 4. The molecular formula is C15H24O2. The van der Waals surface area contributed by atoms with Crippen molar-refractivity contribution in [2.75, 3.05) is 0 Å². The fraction of sp³-hybridized carbons (Fsp3) is 0.667. The molecule has 17 heavy (non-hydrogen) atoms. The topological polar surface area (TPSA) is 37.3 Å². The molecule has 0 aromatic heterocycles. The van der Waals surface area contributed by atoms with E-state index in [1.54, 1.807) is 6.08 Å². The summed E-state index contributed by atoms with van der Waals surface area (Å²) < 4.78 is 21.0. The van der Waals surface area contributed by atoms with Gasteiger partial charge in [-0.3, -0.25) is 4.79 Å². The Morgan fingerprint density at radius 3 is 2.94 bits per heavy atom. The van der Waals surface area contributed by atoms with Crippen LogP contribution in [0.5, 0.6) is 0 Å². The summed E-state index contributed by atoms with van der Waals surface area (Å²) in [5.74, 6) is 0.167. The summed E-state index contributed by atoms with van der Waals surface area (Å²) in [6.45, 7) is 1.88. The summed E-state index contributed by atoms with van der Waals surface area (Å²) in [4.78, 5) is 11.8. The van der Waals surface area contributed by atoms with E-state index in [2.05, 4.69) is 0 Å². The van der Waals surface area contributed by atoms with Gasteiger partial charge < -0.3 is 5.11 Å². The molecule has 0 heterocycles. The van der Waals surface area contributed by atoms with Crippen molar-refractivity contribution in [1.29, 1.82) is 0 Å². The Balaban J connectivity index is 2.46. The molecule has 1 rings (SSSR count). The summed E-state index contributed by atoms with van der Waals surface area (Å²) in [6, 6.07) is 0. The molecule has 1 aliphatic rings. The molecule has 4 atom stereocenters.